The second-order valence-electron chi connectivity index (χ2n) is 5.87. The van der Waals surface area contributed by atoms with E-state index in [1.807, 2.05) is 49.8 Å². The third kappa shape index (κ3) is 4.16. The minimum absolute atomic E-state index is 0.00786. The Morgan fingerprint density at radius 2 is 2.04 bits per heavy atom. The highest BCUT2D eigenvalue weighted by Crippen LogP contribution is 2.20. The number of amides is 1. The molecule has 5 nitrogen and oxygen atoms in total. The molecule has 0 aliphatic heterocycles. The molecule has 0 atom stereocenters. The quantitative estimate of drug-likeness (QED) is 0.720. The van der Waals surface area contributed by atoms with E-state index in [0.717, 1.165) is 23.4 Å². The number of rotatable bonds is 7. The second kappa shape index (κ2) is 8.31. The Labute approximate surface area is 148 Å². The van der Waals surface area contributed by atoms with Crippen molar-refractivity contribution in [3.63, 3.8) is 0 Å². The van der Waals surface area contributed by atoms with E-state index < -0.39 is 0 Å². The minimum Gasteiger partial charge on any atom is -0.385 e. The van der Waals surface area contributed by atoms with E-state index in [1.165, 1.54) is 0 Å². The van der Waals surface area contributed by atoms with E-state index in [9.17, 15) is 4.79 Å². The average Bonchev–Trinajstić information content (AvgIpc) is 2.83. The van der Waals surface area contributed by atoms with Crippen molar-refractivity contribution in [2.45, 2.75) is 26.8 Å². The van der Waals surface area contributed by atoms with Gasteiger partial charge in [-0.1, -0.05) is 29.8 Å². The molecule has 130 valence electrons. The maximum atomic E-state index is 12.7. The average molecular weight is 350 g/mol. The Hall–Kier alpha value is -1.85. The first-order valence-corrected chi connectivity index (χ1v) is 8.35. The van der Waals surface area contributed by atoms with Crippen LogP contribution in [0.2, 0.25) is 5.02 Å². The molecule has 0 radical (unpaired) electrons. The van der Waals surface area contributed by atoms with Crippen molar-refractivity contribution in [1.29, 1.82) is 0 Å². The topological polar surface area (TPSA) is 47.4 Å². The lowest BCUT2D eigenvalue weighted by molar-refractivity contribution is 0.0778. The smallest absolute Gasteiger partial charge is 0.257 e. The predicted octanol–water partition coefficient (Wildman–Crippen LogP) is 3.31. The molecule has 0 bridgehead atoms. The summed E-state index contributed by atoms with van der Waals surface area (Å²) < 4.78 is 6.88. The number of carbonyl (C=O) groups is 1. The molecule has 0 aliphatic rings. The molecule has 6 heteroatoms. The Morgan fingerprint density at radius 1 is 1.33 bits per heavy atom. The highest BCUT2D eigenvalue weighted by molar-refractivity contribution is 6.31. The van der Waals surface area contributed by atoms with Gasteiger partial charge in [0.25, 0.3) is 5.91 Å². The highest BCUT2D eigenvalue weighted by atomic mass is 35.5. The molecular formula is C18H24ClN3O2. The number of carbonyl (C=O) groups excluding carboxylic acids is 1. The van der Waals surface area contributed by atoms with Gasteiger partial charge in [-0.2, -0.15) is 5.10 Å². The van der Waals surface area contributed by atoms with Gasteiger partial charge in [0, 0.05) is 38.0 Å². The molecule has 2 aromatic rings. The van der Waals surface area contributed by atoms with E-state index in [1.54, 1.807) is 12.0 Å². The van der Waals surface area contributed by atoms with Gasteiger partial charge in [-0.05, 0) is 31.9 Å². The lowest BCUT2D eigenvalue weighted by atomic mass is 10.1. The van der Waals surface area contributed by atoms with Gasteiger partial charge in [-0.15, -0.1) is 0 Å². The fraction of sp³-hybridized carbons (Fsp3) is 0.444. The molecule has 1 aromatic carbocycles. The first kappa shape index (κ1) is 18.5. The lowest BCUT2D eigenvalue weighted by Crippen LogP contribution is -2.29. The van der Waals surface area contributed by atoms with E-state index in [-0.39, 0.29) is 5.91 Å². The minimum atomic E-state index is -0.00786. The van der Waals surface area contributed by atoms with Crippen LogP contribution in [0.25, 0.3) is 0 Å². The van der Waals surface area contributed by atoms with Crippen LogP contribution in [0, 0.1) is 13.8 Å². The zero-order chi connectivity index (χ0) is 17.7. The first-order valence-electron chi connectivity index (χ1n) is 7.97. The number of benzene rings is 1. The summed E-state index contributed by atoms with van der Waals surface area (Å²) in [5.41, 5.74) is 3.25. The standard InChI is InChI=1S/C18H24ClN3O2/c1-13-17(18(23)21(3)10-7-11-24-4)14(2)22(20-13)12-15-8-5-6-9-16(15)19/h5-6,8-9H,7,10-12H2,1-4H3. The summed E-state index contributed by atoms with van der Waals surface area (Å²) in [5.74, 6) is -0.00786. The number of aromatic nitrogens is 2. The fourth-order valence-corrected chi connectivity index (χ4v) is 2.88. The summed E-state index contributed by atoms with van der Waals surface area (Å²) >= 11 is 6.23. The molecule has 0 aliphatic carbocycles. The molecule has 1 amide bonds. The van der Waals surface area contributed by atoms with Gasteiger partial charge >= 0.3 is 0 Å². The highest BCUT2D eigenvalue weighted by Gasteiger charge is 2.21. The summed E-state index contributed by atoms with van der Waals surface area (Å²) in [6.45, 7) is 5.63. The molecule has 0 fully saturated rings. The van der Waals surface area contributed by atoms with Crippen LogP contribution >= 0.6 is 11.6 Å². The van der Waals surface area contributed by atoms with Crippen LogP contribution in [0.5, 0.6) is 0 Å². The first-order chi connectivity index (χ1) is 11.5. The van der Waals surface area contributed by atoms with Crippen LogP contribution in [0.3, 0.4) is 0 Å². The maximum Gasteiger partial charge on any atom is 0.257 e. The summed E-state index contributed by atoms with van der Waals surface area (Å²) in [6.07, 6.45) is 0.810. The maximum absolute atomic E-state index is 12.7. The predicted molar refractivity (Wildman–Crippen MR) is 95.7 cm³/mol. The van der Waals surface area contributed by atoms with Crippen LogP contribution in [-0.4, -0.2) is 47.9 Å². The summed E-state index contributed by atoms with van der Waals surface area (Å²) in [7, 11) is 3.47. The van der Waals surface area contributed by atoms with Crippen molar-refractivity contribution in [2.75, 3.05) is 27.3 Å². The number of ether oxygens (including phenoxy) is 1. The van der Waals surface area contributed by atoms with E-state index in [0.29, 0.717) is 30.3 Å². The Balaban J connectivity index is 2.19. The van der Waals surface area contributed by atoms with Crippen molar-refractivity contribution in [2.24, 2.45) is 0 Å². The Morgan fingerprint density at radius 3 is 2.71 bits per heavy atom. The molecular weight excluding hydrogens is 326 g/mol. The number of nitrogens with zero attached hydrogens (tertiary/aromatic N) is 3. The zero-order valence-corrected chi connectivity index (χ0v) is 15.4. The number of halogens is 1. The SMILES string of the molecule is COCCCN(C)C(=O)c1c(C)nn(Cc2ccccc2Cl)c1C. The van der Waals surface area contributed by atoms with Gasteiger partial charge in [-0.3, -0.25) is 9.48 Å². The zero-order valence-electron chi connectivity index (χ0n) is 14.7. The largest absolute Gasteiger partial charge is 0.385 e. The van der Waals surface area contributed by atoms with E-state index in [4.69, 9.17) is 16.3 Å². The van der Waals surface area contributed by atoms with E-state index in [2.05, 4.69) is 5.10 Å². The molecule has 0 unspecified atom stereocenters. The van der Waals surface area contributed by atoms with Crippen LogP contribution in [-0.2, 0) is 11.3 Å². The molecule has 2 rings (SSSR count). The lowest BCUT2D eigenvalue weighted by Gasteiger charge is -2.17. The molecule has 0 N–H and O–H groups in total. The molecule has 0 spiro atoms. The summed E-state index contributed by atoms with van der Waals surface area (Å²) in [4.78, 5) is 14.4. The summed E-state index contributed by atoms with van der Waals surface area (Å²) in [6, 6.07) is 7.68. The van der Waals surface area contributed by atoms with Crippen molar-refractivity contribution in [3.8, 4) is 0 Å². The van der Waals surface area contributed by atoms with E-state index >= 15 is 0 Å². The Bertz CT molecular complexity index is 712. The molecule has 24 heavy (non-hydrogen) atoms. The molecule has 0 saturated carbocycles. The van der Waals surface area contributed by atoms with Crippen LogP contribution < -0.4 is 0 Å². The monoisotopic (exact) mass is 349 g/mol. The number of hydrogen-bond donors (Lipinski definition) is 0. The van der Waals surface area contributed by atoms with Crippen molar-refractivity contribution >= 4 is 17.5 Å². The summed E-state index contributed by atoms with van der Waals surface area (Å²) in [5, 5.41) is 5.24. The molecule has 1 heterocycles. The third-order valence-corrected chi connectivity index (χ3v) is 4.43. The number of methoxy groups -OCH3 is 1. The van der Waals surface area contributed by atoms with Gasteiger partial charge in [-0.25, -0.2) is 0 Å². The third-order valence-electron chi connectivity index (χ3n) is 4.06. The molecule has 0 saturated heterocycles. The fourth-order valence-electron chi connectivity index (χ4n) is 2.69. The normalized spacial score (nSPS) is 10.9. The van der Waals surface area contributed by atoms with Crippen LogP contribution in [0.1, 0.15) is 33.7 Å². The van der Waals surface area contributed by atoms with Gasteiger partial charge in [0.2, 0.25) is 0 Å². The van der Waals surface area contributed by atoms with Crippen molar-refractivity contribution < 1.29 is 9.53 Å². The van der Waals surface area contributed by atoms with Crippen molar-refractivity contribution in [1.82, 2.24) is 14.7 Å². The van der Waals surface area contributed by atoms with Gasteiger partial charge < -0.3 is 9.64 Å². The van der Waals surface area contributed by atoms with Crippen molar-refractivity contribution in [3.05, 3.63) is 51.8 Å². The number of aryl methyl sites for hydroxylation is 1. The van der Waals surface area contributed by atoms with Crippen LogP contribution in [0.15, 0.2) is 24.3 Å². The number of hydrogen-bond acceptors (Lipinski definition) is 3. The van der Waals surface area contributed by atoms with Gasteiger partial charge in [0.15, 0.2) is 0 Å². The second-order valence-corrected chi connectivity index (χ2v) is 6.28. The van der Waals surface area contributed by atoms with Crippen LogP contribution in [0.4, 0.5) is 0 Å². The van der Waals surface area contributed by atoms with Gasteiger partial charge in [0.05, 0.1) is 17.8 Å². The molecule has 1 aromatic heterocycles. The Kier molecular flexibility index (Phi) is 6.40. The van der Waals surface area contributed by atoms with Gasteiger partial charge in [0.1, 0.15) is 0 Å².